The summed E-state index contributed by atoms with van der Waals surface area (Å²) in [6.07, 6.45) is 1.09. The monoisotopic (exact) mass is 215 g/mol. The number of sulfone groups is 1. The minimum atomic E-state index is -3.22. The molecule has 0 saturated carbocycles. The summed E-state index contributed by atoms with van der Waals surface area (Å²) in [6.45, 7) is -0.288. The lowest BCUT2D eigenvalue weighted by molar-refractivity contribution is -0.496. The first kappa shape index (κ1) is 10.6. The second kappa shape index (κ2) is 3.75. The van der Waals surface area contributed by atoms with Crippen LogP contribution < -0.4 is 0 Å². The van der Waals surface area contributed by atoms with E-state index < -0.39 is 14.8 Å². The van der Waals surface area contributed by atoms with Gasteiger partial charge in [-0.25, -0.2) is 8.42 Å². The zero-order valence-corrected chi connectivity index (χ0v) is 8.32. The Balaban J connectivity index is 2.95. The van der Waals surface area contributed by atoms with Gasteiger partial charge in [0, 0.05) is 16.7 Å². The summed E-state index contributed by atoms with van der Waals surface area (Å²) >= 11 is 0. The van der Waals surface area contributed by atoms with Gasteiger partial charge in [0.2, 0.25) is 6.54 Å². The zero-order valence-electron chi connectivity index (χ0n) is 7.50. The third kappa shape index (κ3) is 2.81. The van der Waals surface area contributed by atoms with Crippen molar-refractivity contribution in [2.45, 2.75) is 11.4 Å². The Morgan fingerprint density at radius 1 is 1.29 bits per heavy atom. The average molecular weight is 215 g/mol. The third-order valence-corrected chi connectivity index (χ3v) is 2.79. The molecular formula is C8H9NO4S. The molecule has 5 nitrogen and oxygen atoms in total. The van der Waals surface area contributed by atoms with Crippen molar-refractivity contribution in [2.75, 3.05) is 6.26 Å². The Hall–Kier alpha value is -1.43. The fourth-order valence-electron chi connectivity index (χ4n) is 0.991. The Bertz CT molecular complexity index is 435. The molecule has 0 radical (unpaired) electrons. The Morgan fingerprint density at radius 2 is 1.79 bits per heavy atom. The molecule has 0 amide bonds. The normalized spacial score (nSPS) is 11.2. The molecule has 0 aliphatic rings. The van der Waals surface area contributed by atoms with Gasteiger partial charge >= 0.3 is 0 Å². The van der Waals surface area contributed by atoms with E-state index in [0.29, 0.717) is 5.56 Å². The van der Waals surface area contributed by atoms with Crippen molar-refractivity contribution in [3.8, 4) is 0 Å². The van der Waals surface area contributed by atoms with Crippen LogP contribution in [0.15, 0.2) is 29.2 Å². The molecule has 0 aliphatic carbocycles. The lowest BCUT2D eigenvalue weighted by Gasteiger charge is -1.98. The van der Waals surface area contributed by atoms with E-state index in [1.165, 1.54) is 24.3 Å². The number of hydrogen-bond acceptors (Lipinski definition) is 4. The summed E-state index contributed by atoms with van der Waals surface area (Å²) in [7, 11) is -3.22. The molecule has 6 heteroatoms. The molecule has 76 valence electrons. The second-order valence-electron chi connectivity index (χ2n) is 2.91. The van der Waals surface area contributed by atoms with Crippen LogP contribution in [0.25, 0.3) is 0 Å². The van der Waals surface area contributed by atoms with E-state index in [1.807, 2.05) is 0 Å². The van der Waals surface area contributed by atoms with Crippen molar-refractivity contribution in [2.24, 2.45) is 0 Å². The van der Waals surface area contributed by atoms with Crippen LogP contribution in [0.1, 0.15) is 5.56 Å². The summed E-state index contributed by atoms with van der Waals surface area (Å²) < 4.78 is 22.1. The van der Waals surface area contributed by atoms with Gasteiger partial charge in [-0.2, -0.15) is 0 Å². The number of nitrogens with zero attached hydrogens (tertiary/aromatic N) is 1. The molecular weight excluding hydrogens is 206 g/mol. The van der Waals surface area contributed by atoms with E-state index in [0.717, 1.165) is 6.26 Å². The van der Waals surface area contributed by atoms with Crippen molar-refractivity contribution in [3.05, 3.63) is 39.9 Å². The van der Waals surface area contributed by atoms with E-state index in [2.05, 4.69) is 0 Å². The first-order valence-electron chi connectivity index (χ1n) is 3.80. The van der Waals surface area contributed by atoms with Gasteiger partial charge in [0.15, 0.2) is 9.84 Å². The smallest absolute Gasteiger partial charge is 0.228 e. The Kier molecular flexibility index (Phi) is 2.85. The molecule has 0 bridgehead atoms. The zero-order chi connectivity index (χ0) is 10.8. The van der Waals surface area contributed by atoms with Gasteiger partial charge in [0.25, 0.3) is 0 Å². The number of benzene rings is 1. The SMILES string of the molecule is CS(=O)(=O)c1ccc(C[N+](=O)[O-])cc1. The van der Waals surface area contributed by atoms with Gasteiger partial charge in [-0.1, -0.05) is 12.1 Å². The standard InChI is InChI=1S/C8H9NO4S/c1-14(12,13)8-4-2-7(3-5-8)6-9(10)11/h2-5H,6H2,1H3. The molecule has 0 unspecified atom stereocenters. The minimum absolute atomic E-state index is 0.171. The van der Waals surface area contributed by atoms with Crippen molar-refractivity contribution in [1.29, 1.82) is 0 Å². The fraction of sp³-hybridized carbons (Fsp3) is 0.250. The molecule has 0 spiro atoms. The predicted molar refractivity (Wildman–Crippen MR) is 50.3 cm³/mol. The molecule has 14 heavy (non-hydrogen) atoms. The van der Waals surface area contributed by atoms with Crippen LogP contribution in [-0.4, -0.2) is 19.6 Å². The van der Waals surface area contributed by atoms with Crippen LogP contribution in [0.5, 0.6) is 0 Å². The quantitative estimate of drug-likeness (QED) is 0.553. The van der Waals surface area contributed by atoms with Crippen molar-refractivity contribution in [3.63, 3.8) is 0 Å². The Labute approximate surface area is 81.4 Å². The lowest BCUT2D eigenvalue weighted by atomic mass is 10.2. The average Bonchev–Trinajstić information content (AvgIpc) is 2.02. The fourth-order valence-corrected chi connectivity index (χ4v) is 1.62. The highest BCUT2D eigenvalue weighted by Gasteiger charge is 2.07. The molecule has 1 rings (SSSR count). The number of nitro groups is 1. The molecule has 1 aromatic rings. The molecule has 0 heterocycles. The van der Waals surface area contributed by atoms with Gasteiger partial charge in [-0.05, 0) is 12.1 Å². The summed E-state index contributed by atoms with van der Waals surface area (Å²) in [6, 6.07) is 5.63. The highest BCUT2D eigenvalue weighted by molar-refractivity contribution is 7.90. The molecule has 0 fully saturated rings. The third-order valence-electron chi connectivity index (χ3n) is 1.66. The molecule has 0 saturated heterocycles. The van der Waals surface area contributed by atoms with Crippen LogP contribution in [0.3, 0.4) is 0 Å². The molecule has 0 N–H and O–H groups in total. The minimum Gasteiger partial charge on any atom is -0.264 e. The van der Waals surface area contributed by atoms with Crippen molar-refractivity contribution < 1.29 is 13.3 Å². The topological polar surface area (TPSA) is 77.3 Å². The summed E-state index contributed by atoms with van der Waals surface area (Å²) in [5.74, 6) is 0. The number of rotatable bonds is 3. The lowest BCUT2D eigenvalue weighted by Crippen LogP contribution is -2.00. The second-order valence-corrected chi connectivity index (χ2v) is 4.92. The van der Waals surface area contributed by atoms with E-state index >= 15 is 0 Å². The maximum atomic E-state index is 11.0. The largest absolute Gasteiger partial charge is 0.264 e. The first-order chi connectivity index (χ1) is 6.39. The van der Waals surface area contributed by atoms with Gasteiger partial charge in [0.05, 0.1) is 4.90 Å². The summed E-state index contributed by atoms with van der Waals surface area (Å²) in [5.41, 5.74) is 0.488. The van der Waals surface area contributed by atoms with Gasteiger partial charge in [-0.3, -0.25) is 10.1 Å². The van der Waals surface area contributed by atoms with Crippen LogP contribution in [-0.2, 0) is 16.4 Å². The summed E-state index contributed by atoms with van der Waals surface area (Å²) in [5, 5.41) is 10.1. The van der Waals surface area contributed by atoms with Gasteiger partial charge in [-0.15, -0.1) is 0 Å². The molecule has 0 aromatic heterocycles. The van der Waals surface area contributed by atoms with E-state index in [4.69, 9.17) is 0 Å². The highest BCUT2D eigenvalue weighted by Crippen LogP contribution is 2.10. The molecule has 0 aliphatic heterocycles. The molecule has 1 aromatic carbocycles. The maximum Gasteiger partial charge on any atom is 0.228 e. The van der Waals surface area contributed by atoms with Crippen LogP contribution in [0.4, 0.5) is 0 Å². The highest BCUT2D eigenvalue weighted by atomic mass is 32.2. The van der Waals surface area contributed by atoms with Gasteiger partial charge in [0.1, 0.15) is 0 Å². The predicted octanol–water partition coefficient (Wildman–Crippen LogP) is 0.867. The van der Waals surface area contributed by atoms with Crippen LogP contribution in [0, 0.1) is 10.1 Å². The molecule has 0 atom stereocenters. The Morgan fingerprint density at radius 3 is 2.14 bits per heavy atom. The van der Waals surface area contributed by atoms with Crippen LogP contribution >= 0.6 is 0 Å². The van der Waals surface area contributed by atoms with Crippen molar-refractivity contribution in [1.82, 2.24) is 0 Å². The van der Waals surface area contributed by atoms with Gasteiger partial charge < -0.3 is 0 Å². The van der Waals surface area contributed by atoms with E-state index in [1.54, 1.807) is 0 Å². The maximum absolute atomic E-state index is 11.0. The van der Waals surface area contributed by atoms with E-state index in [-0.39, 0.29) is 11.4 Å². The van der Waals surface area contributed by atoms with E-state index in [9.17, 15) is 18.5 Å². The number of hydrogen-bond donors (Lipinski definition) is 0. The summed E-state index contributed by atoms with van der Waals surface area (Å²) in [4.78, 5) is 9.85. The van der Waals surface area contributed by atoms with Crippen molar-refractivity contribution >= 4 is 9.84 Å². The van der Waals surface area contributed by atoms with Crippen LogP contribution in [0.2, 0.25) is 0 Å². The first-order valence-corrected chi connectivity index (χ1v) is 5.69.